The number of esters is 4. The van der Waals surface area contributed by atoms with Crippen LogP contribution in [0.25, 0.3) is 0 Å². The molecule has 1 N–H and O–H groups in total. The SMILES string of the molecule is CSCC(=O)OCC(COC(=O)CS)(COC(=O)CSC)COC(=O)CSCCCO. The van der Waals surface area contributed by atoms with Crippen molar-refractivity contribution in [2.75, 3.05) is 74.3 Å². The topological polar surface area (TPSA) is 125 Å². The highest BCUT2D eigenvalue weighted by Crippen LogP contribution is 2.22. The molecular formula is C18H30O9S4. The van der Waals surface area contributed by atoms with E-state index in [-0.39, 0.29) is 56.0 Å². The van der Waals surface area contributed by atoms with Crippen LogP contribution in [0.2, 0.25) is 0 Å². The number of ether oxygens (including phenoxy) is 4. The molecule has 0 atom stereocenters. The molecule has 9 nitrogen and oxygen atoms in total. The van der Waals surface area contributed by atoms with Crippen LogP contribution in [0.1, 0.15) is 6.42 Å². The molecule has 0 aliphatic heterocycles. The fraction of sp³-hybridized carbons (Fsp3) is 0.778. The van der Waals surface area contributed by atoms with Gasteiger partial charge in [-0.1, -0.05) is 0 Å². The van der Waals surface area contributed by atoms with E-state index in [0.717, 1.165) is 0 Å². The molecule has 0 saturated carbocycles. The first-order valence-electron chi connectivity index (χ1n) is 9.22. The molecule has 0 spiro atoms. The summed E-state index contributed by atoms with van der Waals surface area (Å²) in [5, 5.41) is 8.79. The first-order chi connectivity index (χ1) is 14.8. The second kappa shape index (κ2) is 18.8. The molecule has 0 fully saturated rings. The lowest BCUT2D eigenvalue weighted by molar-refractivity contribution is -0.167. The molecule has 0 radical (unpaired) electrons. The van der Waals surface area contributed by atoms with Crippen molar-refractivity contribution in [3.63, 3.8) is 0 Å². The first kappa shape index (κ1) is 30.2. The minimum Gasteiger partial charge on any atom is -0.464 e. The number of carbonyl (C=O) groups is 4. The fourth-order valence-corrected chi connectivity index (χ4v) is 3.37. The van der Waals surface area contributed by atoms with E-state index in [2.05, 4.69) is 12.6 Å². The van der Waals surface area contributed by atoms with Crippen molar-refractivity contribution in [1.29, 1.82) is 0 Å². The van der Waals surface area contributed by atoms with Crippen molar-refractivity contribution in [3.05, 3.63) is 0 Å². The average molecular weight is 519 g/mol. The van der Waals surface area contributed by atoms with Gasteiger partial charge >= 0.3 is 23.9 Å². The van der Waals surface area contributed by atoms with Gasteiger partial charge in [0.05, 0.1) is 23.0 Å². The molecule has 0 unspecified atom stereocenters. The zero-order chi connectivity index (χ0) is 23.5. The molecule has 0 heterocycles. The van der Waals surface area contributed by atoms with Crippen LogP contribution in [0.5, 0.6) is 0 Å². The van der Waals surface area contributed by atoms with Gasteiger partial charge in [0.25, 0.3) is 0 Å². The molecule has 0 aromatic carbocycles. The lowest BCUT2D eigenvalue weighted by Crippen LogP contribution is -2.44. The van der Waals surface area contributed by atoms with Crippen molar-refractivity contribution in [1.82, 2.24) is 0 Å². The molecule has 0 aliphatic carbocycles. The van der Waals surface area contributed by atoms with E-state index < -0.39 is 29.3 Å². The lowest BCUT2D eigenvalue weighted by atomic mass is 9.92. The smallest absolute Gasteiger partial charge is 0.315 e. The summed E-state index contributed by atoms with van der Waals surface area (Å²) in [5.41, 5.74) is -1.26. The number of aliphatic hydroxyl groups is 1. The van der Waals surface area contributed by atoms with Crippen molar-refractivity contribution in [3.8, 4) is 0 Å². The predicted molar refractivity (Wildman–Crippen MR) is 126 cm³/mol. The summed E-state index contributed by atoms with van der Waals surface area (Å²) >= 11 is 7.70. The van der Waals surface area contributed by atoms with Crippen molar-refractivity contribution >= 4 is 71.8 Å². The zero-order valence-electron chi connectivity index (χ0n) is 17.7. The third-order valence-electron chi connectivity index (χ3n) is 3.48. The standard InChI is InChI=1S/C18H30O9S4/c1-29-7-15(21)25-11-18(10-24-14(20)6-28,12-26-16(22)8-30-2)13-27-17(23)9-31-5-3-4-19/h19,28H,3-13H2,1-2H3. The molecule has 13 heteroatoms. The van der Waals surface area contributed by atoms with Gasteiger partial charge in [-0.15, -0.1) is 0 Å². The Hall–Kier alpha value is -0.760. The van der Waals surface area contributed by atoms with Crippen LogP contribution in [0.15, 0.2) is 0 Å². The molecule has 0 amide bonds. The van der Waals surface area contributed by atoms with E-state index in [4.69, 9.17) is 24.1 Å². The molecule has 0 saturated heterocycles. The van der Waals surface area contributed by atoms with Gasteiger partial charge in [0.1, 0.15) is 31.8 Å². The molecule has 31 heavy (non-hydrogen) atoms. The van der Waals surface area contributed by atoms with Gasteiger partial charge in [-0.05, 0) is 24.7 Å². The van der Waals surface area contributed by atoms with Gasteiger partial charge in [-0.2, -0.15) is 47.9 Å². The Morgan fingerprint density at radius 1 is 0.774 bits per heavy atom. The Morgan fingerprint density at radius 2 is 1.19 bits per heavy atom. The Bertz CT molecular complexity index is 538. The number of hydrogen-bond donors (Lipinski definition) is 2. The minimum absolute atomic E-state index is 0.0322. The molecule has 0 aromatic rings. The summed E-state index contributed by atoms with van der Waals surface area (Å²) in [4.78, 5) is 47.4. The lowest BCUT2D eigenvalue weighted by Gasteiger charge is -2.31. The van der Waals surface area contributed by atoms with Crippen molar-refractivity contribution in [2.45, 2.75) is 6.42 Å². The third-order valence-corrected chi connectivity index (χ3v) is 5.80. The number of aliphatic hydroxyl groups excluding tert-OH is 1. The van der Waals surface area contributed by atoms with Gasteiger partial charge in [-0.25, -0.2) is 0 Å². The Kier molecular flexibility index (Phi) is 18.3. The summed E-state index contributed by atoms with van der Waals surface area (Å²) in [6.45, 7) is -1.10. The second-order valence-corrected chi connectivity index (χ2v) is 9.45. The van der Waals surface area contributed by atoms with Gasteiger partial charge in [-0.3, -0.25) is 19.2 Å². The molecule has 0 aliphatic rings. The number of rotatable bonds is 18. The summed E-state index contributed by atoms with van der Waals surface area (Å²) in [6, 6.07) is 0. The van der Waals surface area contributed by atoms with Crippen LogP contribution in [0, 0.1) is 5.41 Å². The maximum Gasteiger partial charge on any atom is 0.315 e. The number of thiol groups is 1. The second-order valence-electron chi connectivity index (χ2n) is 6.30. The maximum atomic E-state index is 12.1. The normalized spacial score (nSPS) is 11.0. The van der Waals surface area contributed by atoms with Crippen LogP contribution in [0.3, 0.4) is 0 Å². The maximum absolute atomic E-state index is 12.1. The van der Waals surface area contributed by atoms with Gasteiger partial charge in [0, 0.05) is 6.61 Å². The van der Waals surface area contributed by atoms with Crippen LogP contribution >= 0.6 is 47.9 Å². The quantitative estimate of drug-likeness (QED) is 0.116. The first-order valence-corrected chi connectivity index (χ1v) is 13.8. The van der Waals surface area contributed by atoms with E-state index >= 15 is 0 Å². The summed E-state index contributed by atoms with van der Waals surface area (Å²) < 4.78 is 21.0. The highest BCUT2D eigenvalue weighted by Gasteiger charge is 2.37. The van der Waals surface area contributed by atoms with Crippen LogP contribution in [0.4, 0.5) is 0 Å². The summed E-state index contributed by atoms with van der Waals surface area (Å²) in [6.07, 6.45) is 4.03. The monoisotopic (exact) mass is 518 g/mol. The van der Waals surface area contributed by atoms with Crippen molar-refractivity contribution < 1.29 is 43.2 Å². The van der Waals surface area contributed by atoms with Crippen LogP contribution in [-0.2, 0) is 38.1 Å². The molecule has 0 rings (SSSR count). The Labute approximate surface area is 200 Å². The molecule has 0 aromatic heterocycles. The molecular weight excluding hydrogens is 488 g/mol. The van der Waals surface area contributed by atoms with Gasteiger partial charge in [0.15, 0.2) is 0 Å². The fourth-order valence-electron chi connectivity index (χ4n) is 1.91. The van der Waals surface area contributed by atoms with E-state index in [1.165, 1.54) is 35.3 Å². The van der Waals surface area contributed by atoms with Gasteiger partial charge in [0.2, 0.25) is 0 Å². The highest BCUT2D eigenvalue weighted by atomic mass is 32.2. The van der Waals surface area contributed by atoms with Crippen molar-refractivity contribution in [2.24, 2.45) is 5.41 Å². The molecule has 180 valence electrons. The average Bonchev–Trinajstić information content (AvgIpc) is 2.76. The predicted octanol–water partition coefficient (Wildman–Crippen LogP) is 0.917. The highest BCUT2D eigenvalue weighted by molar-refractivity contribution is 8.00. The van der Waals surface area contributed by atoms with Gasteiger partial charge < -0.3 is 24.1 Å². The van der Waals surface area contributed by atoms with E-state index in [1.807, 2.05) is 0 Å². The third kappa shape index (κ3) is 15.6. The summed E-state index contributed by atoms with van der Waals surface area (Å²) in [7, 11) is 0. The number of carbonyl (C=O) groups excluding carboxylic acids is 4. The summed E-state index contributed by atoms with van der Waals surface area (Å²) in [5.74, 6) is -1.45. The molecule has 0 bridgehead atoms. The van der Waals surface area contributed by atoms with E-state index in [9.17, 15) is 19.2 Å². The Balaban J connectivity index is 5.25. The van der Waals surface area contributed by atoms with Crippen LogP contribution in [-0.4, -0.2) is 103 Å². The Morgan fingerprint density at radius 3 is 1.58 bits per heavy atom. The largest absolute Gasteiger partial charge is 0.464 e. The van der Waals surface area contributed by atoms with E-state index in [1.54, 1.807) is 12.5 Å². The van der Waals surface area contributed by atoms with E-state index in [0.29, 0.717) is 12.2 Å². The number of hydrogen-bond acceptors (Lipinski definition) is 13. The zero-order valence-corrected chi connectivity index (χ0v) is 21.0. The minimum atomic E-state index is -1.26. The van der Waals surface area contributed by atoms with Crippen LogP contribution < -0.4 is 0 Å². The number of thioether (sulfide) groups is 3.